The van der Waals surface area contributed by atoms with Crippen molar-refractivity contribution in [2.75, 3.05) is 13.2 Å². The summed E-state index contributed by atoms with van der Waals surface area (Å²) in [5.74, 6) is -2.48. The number of benzene rings is 2. The van der Waals surface area contributed by atoms with Crippen LogP contribution in [0.1, 0.15) is 55.7 Å². The van der Waals surface area contributed by atoms with Gasteiger partial charge in [0.2, 0.25) is 11.8 Å². The first-order chi connectivity index (χ1) is 18.2. The quantitative estimate of drug-likeness (QED) is 0.232. The SMILES string of the molecule is CC(=O)N[C@@H](CC(=O)O)C(=O)C[C@@H](CCc1ccccc1)C(=O)NCc1cc(OCCCCN)ccc1C. The third kappa shape index (κ3) is 11.1. The number of ether oxygens (including phenoxy) is 1. The fraction of sp³-hybridized carbons (Fsp3) is 0.448. The predicted molar refractivity (Wildman–Crippen MR) is 145 cm³/mol. The second kappa shape index (κ2) is 16.2. The van der Waals surface area contributed by atoms with Gasteiger partial charge in [0.1, 0.15) is 5.75 Å². The van der Waals surface area contributed by atoms with Gasteiger partial charge < -0.3 is 26.2 Å². The number of carboxylic acids is 1. The molecule has 9 nitrogen and oxygen atoms in total. The average molecular weight is 526 g/mol. The van der Waals surface area contributed by atoms with E-state index in [2.05, 4.69) is 10.6 Å². The minimum absolute atomic E-state index is 0.180. The Bertz CT molecular complexity index is 1060. The first-order valence-electron chi connectivity index (χ1n) is 12.9. The van der Waals surface area contributed by atoms with Crippen LogP contribution in [0.2, 0.25) is 0 Å². The third-order valence-electron chi connectivity index (χ3n) is 6.23. The van der Waals surface area contributed by atoms with Crippen molar-refractivity contribution in [1.29, 1.82) is 0 Å². The highest BCUT2D eigenvalue weighted by Gasteiger charge is 2.28. The smallest absolute Gasteiger partial charge is 0.305 e. The van der Waals surface area contributed by atoms with Crippen molar-refractivity contribution in [3.05, 3.63) is 65.2 Å². The number of unbranched alkanes of at least 4 members (excludes halogenated alkanes) is 1. The maximum absolute atomic E-state index is 13.3. The summed E-state index contributed by atoms with van der Waals surface area (Å²) in [5, 5.41) is 14.5. The van der Waals surface area contributed by atoms with Gasteiger partial charge in [0.05, 0.1) is 19.1 Å². The molecule has 9 heteroatoms. The second-order valence-corrected chi connectivity index (χ2v) is 9.39. The predicted octanol–water partition coefficient (Wildman–Crippen LogP) is 2.92. The molecular formula is C29H39N3O6. The van der Waals surface area contributed by atoms with Gasteiger partial charge in [-0.1, -0.05) is 36.4 Å². The highest BCUT2D eigenvalue weighted by Crippen LogP contribution is 2.20. The van der Waals surface area contributed by atoms with E-state index in [-0.39, 0.29) is 18.9 Å². The van der Waals surface area contributed by atoms with E-state index < -0.39 is 36.0 Å². The molecule has 2 atom stereocenters. The third-order valence-corrected chi connectivity index (χ3v) is 6.23. The Balaban J connectivity index is 2.11. The van der Waals surface area contributed by atoms with Gasteiger partial charge in [-0.05, 0) is 68.0 Å². The monoisotopic (exact) mass is 525 g/mol. The van der Waals surface area contributed by atoms with E-state index in [1.54, 1.807) is 0 Å². The molecule has 0 aliphatic carbocycles. The van der Waals surface area contributed by atoms with Gasteiger partial charge in [0.25, 0.3) is 0 Å². The zero-order chi connectivity index (χ0) is 27.9. The average Bonchev–Trinajstić information content (AvgIpc) is 2.88. The lowest BCUT2D eigenvalue weighted by Gasteiger charge is -2.20. The number of carbonyl (C=O) groups excluding carboxylic acids is 3. The molecule has 0 radical (unpaired) electrons. The van der Waals surface area contributed by atoms with Crippen molar-refractivity contribution in [3.8, 4) is 5.75 Å². The number of amides is 2. The van der Waals surface area contributed by atoms with Crippen LogP contribution >= 0.6 is 0 Å². The summed E-state index contributed by atoms with van der Waals surface area (Å²) < 4.78 is 5.79. The minimum atomic E-state index is -1.21. The number of Topliss-reactive ketones (excluding diaryl/α,β-unsaturated/α-hetero) is 1. The fourth-order valence-electron chi connectivity index (χ4n) is 4.05. The van der Waals surface area contributed by atoms with Gasteiger partial charge in [-0.2, -0.15) is 0 Å². The summed E-state index contributed by atoms with van der Waals surface area (Å²) in [6, 6.07) is 14.1. The van der Waals surface area contributed by atoms with Crippen LogP contribution in [0.3, 0.4) is 0 Å². The van der Waals surface area contributed by atoms with Gasteiger partial charge >= 0.3 is 5.97 Å². The zero-order valence-corrected chi connectivity index (χ0v) is 22.2. The van der Waals surface area contributed by atoms with Gasteiger partial charge in [-0.15, -0.1) is 0 Å². The number of carbonyl (C=O) groups is 4. The number of carboxylic acid groups (broad SMARTS) is 1. The Morgan fingerprint density at radius 1 is 1.03 bits per heavy atom. The number of ketones is 1. The molecule has 206 valence electrons. The maximum atomic E-state index is 13.3. The molecule has 2 rings (SSSR count). The normalized spacial score (nSPS) is 12.3. The van der Waals surface area contributed by atoms with Crippen LogP contribution in [0.25, 0.3) is 0 Å². The summed E-state index contributed by atoms with van der Waals surface area (Å²) in [4.78, 5) is 49.0. The van der Waals surface area contributed by atoms with E-state index in [9.17, 15) is 24.3 Å². The van der Waals surface area contributed by atoms with E-state index >= 15 is 0 Å². The Morgan fingerprint density at radius 3 is 2.42 bits per heavy atom. The van der Waals surface area contributed by atoms with Gasteiger partial charge in [-0.3, -0.25) is 19.2 Å². The molecule has 0 bridgehead atoms. The number of nitrogens with one attached hydrogen (secondary N) is 2. The first-order valence-corrected chi connectivity index (χ1v) is 12.9. The van der Waals surface area contributed by atoms with Gasteiger partial charge in [0, 0.05) is 25.8 Å². The van der Waals surface area contributed by atoms with E-state index in [0.717, 1.165) is 29.5 Å². The Kier molecular flexibility index (Phi) is 13.0. The molecule has 38 heavy (non-hydrogen) atoms. The van der Waals surface area contributed by atoms with Crippen LogP contribution in [-0.4, -0.2) is 47.9 Å². The van der Waals surface area contributed by atoms with Crippen LogP contribution < -0.4 is 21.1 Å². The van der Waals surface area contributed by atoms with Crippen LogP contribution in [0.15, 0.2) is 48.5 Å². The summed E-state index contributed by atoms with van der Waals surface area (Å²) in [5.41, 5.74) is 8.43. The molecule has 0 saturated carbocycles. The van der Waals surface area contributed by atoms with Crippen molar-refractivity contribution in [2.24, 2.45) is 11.7 Å². The topological polar surface area (TPSA) is 148 Å². The molecule has 2 aromatic rings. The Labute approximate surface area is 224 Å². The minimum Gasteiger partial charge on any atom is -0.494 e. The van der Waals surface area contributed by atoms with Crippen LogP contribution in [-0.2, 0) is 32.1 Å². The van der Waals surface area contributed by atoms with Crippen LogP contribution in [0.5, 0.6) is 5.75 Å². The lowest BCUT2D eigenvalue weighted by molar-refractivity contribution is -0.140. The van der Waals surface area contributed by atoms with Crippen molar-refractivity contribution >= 4 is 23.6 Å². The van der Waals surface area contributed by atoms with Crippen LogP contribution in [0, 0.1) is 12.8 Å². The molecule has 0 unspecified atom stereocenters. The molecule has 0 heterocycles. The Hall–Kier alpha value is -3.72. The molecule has 5 N–H and O–H groups in total. The second-order valence-electron chi connectivity index (χ2n) is 9.39. The molecule has 0 aliphatic heterocycles. The van der Waals surface area contributed by atoms with Crippen molar-refractivity contribution < 1.29 is 29.0 Å². The molecule has 0 aromatic heterocycles. The molecule has 2 amide bonds. The van der Waals surface area contributed by atoms with Crippen LogP contribution in [0.4, 0.5) is 0 Å². The molecule has 0 fully saturated rings. The number of aryl methyl sites for hydroxylation is 2. The highest BCUT2D eigenvalue weighted by molar-refractivity contribution is 5.94. The van der Waals surface area contributed by atoms with E-state index in [1.807, 2.05) is 55.5 Å². The van der Waals surface area contributed by atoms with Gasteiger partial charge in [-0.25, -0.2) is 0 Å². The first kappa shape index (κ1) is 30.5. The summed E-state index contributed by atoms with van der Waals surface area (Å²) in [6.45, 7) is 4.59. The molecule has 0 saturated heterocycles. The number of nitrogens with two attached hydrogens (primary N) is 1. The lowest BCUT2D eigenvalue weighted by Crippen LogP contribution is -2.43. The summed E-state index contributed by atoms with van der Waals surface area (Å²) >= 11 is 0. The van der Waals surface area contributed by atoms with E-state index in [0.29, 0.717) is 31.7 Å². The summed E-state index contributed by atoms with van der Waals surface area (Å²) in [7, 11) is 0. The van der Waals surface area contributed by atoms with E-state index in [4.69, 9.17) is 10.5 Å². The molecular weight excluding hydrogens is 486 g/mol. The van der Waals surface area contributed by atoms with E-state index in [1.165, 1.54) is 6.92 Å². The number of aliphatic carboxylic acids is 1. The standard InChI is InChI=1S/C29H39N3O6/c1-20-10-13-25(38-15-7-6-14-30)16-24(20)19-31-29(37)23(12-11-22-8-4-3-5-9-22)17-27(34)26(18-28(35)36)32-21(2)33/h3-5,8-10,13,16,23,26H,6-7,11-12,14-15,17-19,30H2,1-2H3,(H,31,37)(H,32,33)(H,35,36)/t23-,26+/m1/s1. The Morgan fingerprint density at radius 2 is 1.76 bits per heavy atom. The maximum Gasteiger partial charge on any atom is 0.305 e. The molecule has 0 spiro atoms. The number of rotatable bonds is 17. The van der Waals surface area contributed by atoms with Crippen molar-refractivity contribution in [2.45, 2.75) is 65.0 Å². The lowest BCUT2D eigenvalue weighted by atomic mass is 9.90. The fourth-order valence-corrected chi connectivity index (χ4v) is 4.05. The largest absolute Gasteiger partial charge is 0.494 e. The molecule has 0 aliphatic rings. The van der Waals surface area contributed by atoms with Crippen molar-refractivity contribution in [1.82, 2.24) is 10.6 Å². The molecule has 2 aromatic carbocycles. The zero-order valence-electron chi connectivity index (χ0n) is 22.2. The van der Waals surface area contributed by atoms with Crippen molar-refractivity contribution in [3.63, 3.8) is 0 Å². The van der Waals surface area contributed by atoms with Gasteiger partial charge in [0.15, 0.2) is 5.78 Å². The number of hydrogen-bond donors (Lipinski definition) is 4. The number of hydrogen-bond acceptors (Lipinski definition) is 6. The highest BCUT2D eigenvalue weighted by atomic mass is 16.5. The summed E-state index contributed by atoms with van der Waals surface area (Å²) in [6.07, 6.45) is 1.98.